The Morgan fingerprint density at radius 3 is 2.76 bits per heavy atom. The number of hydrogen-bond donors (Lipinski definition) is 3. The molecule has 10 nitrogen and oxygen atoms in total. The van der Waals surface area contributed by atoms with E-state index in [0.29, 0.717) is 6.54 Å². The second kappa shape index (κ2) is 9.61. The Kier molecular flexibility index (Phi) is 5.99. The zero-order valence-electron chi connectivity index (χ0n) is 21.0. The summed E-state index contributed by atoms with van der Waals surface area (Å²) in [7, 11) is 1.66. The van der Waals surface area contributed by atoms with Crippen LogP contribution >= 0.6 is 0 Å². The number of anilines is 4. The fraction of sp³-hybridized carbons (Fsp3) is 0.333. The number of methoxy groups -OCH3 is 1. The summed E-state index contributed by atoms with van der Waals surface area (Å²) in [5, 5.41) is 6.49. The molecule has 1 fully saturated rings. The van der Waals surface area contributed by atoms with Crippen LogP contribution in [-0.4, -0.2) is 63.7 Å². The van der Waals surface area contributed by atoms with Gasteiger partial charge in [-0.25, -0.2) is 19.7 Å². The Hall–Kier alpha value is -4.34. The Morgan fingerprint density at radius 1 is 1.05 bits per heavy atom. The molecule has 2 aliphatic rings. The van der Waals surface area contributed by atoms with Crippen LogP contribution in [0.4, 0.5) is 27.8 Å². The Bertz CT molecular complexity index is 1440. The number of fused-ring (bicyclic) bond motifs is 2. The number of rotatable bonds is 5. The lowest BCUT2D eigenvalue weighted by molar-refractivity contribution is 0.177. The van der Waals surface area contributed by atoms with Gasteiger partial charge in [0.2, 0.25) is 0 Å². The lowest BCUT2D eigenvalue weighted by atomic mass is 10.0. The van der Waals surface area contributed by atoms with Gasteiger partial charge in [0.25, 0.3) is 0 Å². The molecule has 0 aliphatic carbocycles. The maximum Gasteiger partial charge on any atom is 0.322 e. The molecule has 6 rings (SSSR count). The average molecular weight is 499 g/mol. The van der Waals surface area contributed by atoms with Crippen LogP contribution in [0.15, 0.2) is 49.1 Å². The smallest absolute Gasteiger partial charge is 0.322 e. The van der Waals surface area contributed by atoms with Gasteiger partial charge in [0.15, 0.2) is 0 Å². The van der Waals surface area contributed by atoms with Crippen LogP contribution in [0.3, 0.4) is 0 Å². The van der Waals surface area contributed by atoms with Crippen molar-refractivity contribution in [3.05, 3.63) is 60.2 Å². The number of imidazole rings is 1. The molecule has 3 N–H and O–H groups in total. The minimum Gasteiger partial charge on any atom is -0.497 e. The van der Waals surface area contributed by atoms with E-state index < -0.39 is 0 Å². The molecule has 0 spiro atoms. The standard InChI is InChI=1S/C27H30N8O2/c1-17-11-19(13-23-26(17)31-15-28-23)32-24-14-25(30-16-29-24)34-8-6-20(7-9-34)35-10-5-18-12-21(37-2)3-4-22(18)33-27(35)36/h3-4,11-16,20H,5-10H2,1-2H3,(H,28,31)(H,33,36)(H,29,30,32). The van der Waals surface area contributed by atoms with Gasteiger partial charge in [-0.15, -0.1) is 0 Å². The predicted molar refractivity (Wildman–Crippen MR) is 144 cm³/mol. The molecular weight excluding hydrogens is 468 g/mol. The number of piperidine rings is 1. The predicted octanol–water partition coefficient (Wildman–Crippen LogP) is 4.47. The van der Waals surface area contributed by atoms with Gasteiger partial charge in [-0.05, 0) is 67.6 Å². The summed E-state index contributed by atoms with van der Waals surface area (Å²) in [6, 6.07) is 12.1. The fourth-order valence-electron chi connectivity index (χ4n) is 5.35. The molecule has 190 valence electrons. The number of nitrogens with zero attached hydrogens (tertiary/aromatic N) is 5. The third-order valence-electron chi connectivity index (χ3n) is 7.31. The first kappa shape index (κ1) is 23.1. The molecule has 0 saturated carbocycles. The Balaban J connectivity index is 1.10. The summed E-state index contributed by atoms with van der Waals surface area (Å²) in [6.45, 7) is 4.39. The van der Waals surface area contributed by atoms with Crippen molar-refractivity contribution in [1.82, 2.24) is 24.8 Å². The van der Waals surface area contributed by atoms with Crippen LogP contribution < -0.4 is 20.3 Å². The molecular formula is C27H30N8O2. The van der Waals surface area contributed by atoms with Gasteiger partial charge in [0, 0.05) is 43.1 Å². The van der Waals surface area contributed by atoms with Crippen molar-refractivity contribution in [1.29, 1.82) is 0 Å². The Morgan fingerprint density at radius 2 is 1.92 bits per heavy atom. The van der Waals surface area contributed by atoms with Crippen molar-refractivity contribution < 1.29 is 9.53 Å². The zero-order chi connectivity index (χ0) is 25.4. The highest BCUT2D eigenvalue weighted by Crippen LogP contribution is 2.29. The number of ether oxygens (including phenoxy) is 1. The Labute approximate surface area is 215 Å². The summed E-state index contributed by atoms with van der Waals surface area (Å²) in [6.07, 6.45) is 5.87. The van der Waals surface area contributed by atoms with Crippen LogP contribution in [0.25, 0.3) is 11.0 Å². The first-order chi connectivity index (χ1) is 18.1. The van der Waals surface area contributed by atoms with Crippen molar-refractivity contribution in [3.63, 3.8) is 0 Å². The van der Waals surface area contributed by atoms with Crippen molar-refractivity contribution in [2.45, 2.75) is 32.2 Å². The van der Waals surface area contributed by atoms with Crippen LogP contribution in [0.5, 0.6) is 5.75 Å². The number of aromatic nitrogens is 4. The summed E-state index contributed by atoms with van der Waals surface area (Å²) in [5.74, 6) is 2.44. The molecule has 37 heavy (non-hydrogen) atoms. The number of benzene rings is 2. The van der Waals surface area contributed by atoms with E-state index >= 15 is 0 Å². The molecule has 0 atom stereocenters. The van der Waals surface area contributed by atoms with Crippen molar-refractivity contribution in [2.24, 2.45) is 0 Å². The highest BCUT2D eigenvalue weighted by Gasteiger charge is 2.30. The number of carbonyl (C=O) groups excluding carboxylic acids is 1. The van der Waals surface area contributed by atoms with Crippen molar-refractivity contribution in [3.8, 4) is 5.75 Å². The number of urea groups is 1. The molecule has 0 unspecified atom stereocenters. The molecule has 1 saturated heterocycles. The van der Waals surface area contributed by atoms with Crippen molar-refractivity contribution in [2.75, 3.05) is 42.3 Å². The average Bonchev–Trinajstić information content (AvgIpc) is 3.33. The molecule has 4 heterocycles. The van der Waals surface area contributed by atoms with Crippen molar-refractivity contribution >= 4 is 40.1 Å². The van der Waals surface area contributed by atoms with E-state index in [9.17, 15) is 4.79 Å². The normalized spacial score (nSPS) is 16.3. The third-order valence-corrected chi connectivity index (χ3v) is 7.31. The molecule has 2 amide bonds. The molecule has 4 aromatic rings. The van der Waals surface area contributed by atoms with Gasteiger partial charge in [-0.3, -0.25) is 0 Å². The van der Waals surface area contributed by atoms with E-state index in [-0.39, 0.29) is 12.1 Å². The van der Waals surface area contributed by atoms with Crippen LogP contribution in [-0.2, 0) is 6.42 Å². The molecule has 2 aromatic carbocycles. The van der Waals surface area contributed by atoms with Crippen LogP contribution in [0.1, 0.15) is 24.0 Å². The number of aryl methyl sites for hydroxylation is 1. The molecule has 10 heteroatoms. The molecule has 2 aromatic heterocycles. The molecule has 2 aliphatic heterocycles. The zero-order valence-corrected chi connectivity index (χ0v) is 21.0. The van der Waals surface area contributed by atoms with Gasteiger partial charge in [-0.2, -0.15) is 0 Å². The van der Waals surface area contributed by atoms with E-state index in [2.05, 4.69) is 41.5 Å². The van der Waals surface area contributed by atoms with E-state index in [1.54, 1.807) is 19.8 Å². The summed E-state index contributed by atoms with van der Waals surface area (Å²) in [5.41, 5.74) is 5.97. The largest absolute Gasteiger partial charge is 0.497 e. The number of amides is 2. The number of nitrogens with one attached hydrogen (secondary N) is 3. The first-order valence-electron chi connectivity index (χ1n) is 12.6. The molecule has 0 radical (unpaired) electrons. The quantitative estimate of drug-likeness (QED) is 0.372. The maximum absolute atomic E-state index is 13.0. The lowest BCUT2D eigenvalue weighted by Crippen LogP contribution is -2.49. The number of hydrogen-bond acceptors (Lipinski definition) is 7. The minimum absolute atomic E-state index is 0.0274. The van der Waals surface area contributed by atoms with E-state index in [1.165, 1.54) is 0 Å². The number of carbonyl (C=O) groups is 1. The number of H-pyrrole nitrogens is 1. The second-order valence-corrected chi connectivity index (χ2v) is 9.59. The topological polar surface area (TPSA) is 111 Å². The first-order valence-corrected chi connectivity index (χ1v) is 12.6. The van der Waals surface area contributed by atoms with Crippen LogP contribution in [0.2, 0.25) is 0 Å². The van der Waals surface area contributed by atoms with Gasteiger partial charge >= 0.3 is 6.03 Å². The molecule has 0 bridgehead atoms. The van der Waals surface area contributed by atoms with E-state index in [1.807, 2.05) is 42.2 Å². The van der Waals surface area contributed by atoms with Gasteiger partial charge in [-0.1, -0.05) is 0 Å². The summed E-state index contributed by atoms with van der Waals surface area (Å²) in [4.78, 5) is 33.8. The highest BCUT2D eigenvalue weighted by atomic mass is 16.5. The monoisotopic (exact) mass is 498 g/mol. The van der Waals surface area contributed by atoms with Crippen LogP contribution in [0, 0.1) is 6.92 Å². The lowest BCUT2D eigenvalue weighted by Gasteiger charge is -2.38. The highest BCUT2D eigenvalue weighted by molar-refractivity contribution is 5.91. The van der Waals surface area contributed by atoms with Gasteiger partial charge in [0.05, 0.1) is 24.5 Å². The fourth-order valence-corrected chi connectivity index (χ4v) is 5.35. The number of aromatic amines is 1. The van der Waals surface area contributed by atoms with E-state index in [4.69, 9.17) is 4.74 Å². The van der Waals surface area contributed by atoms with Gasteiger partial charge in [0.1, 0.15) is 23.7 Å². The SMILES string of the molecule is COc1ccc2c(c1)CCN(C1CCN(c3cc(Nc4cc(C)c5nc[nH]c5c4)ncn3)CC1)C(=O)N2. The second-order valence-electron chi connectivity index (χ2n) is 9.59. The summed E-state index contributed by atoms with van der Waals surface area (Å²) >= 11 is 0. The third kappa shape index (κ3) is 4.62. The van der Waals surface area contributed by atoms with Gasteiger partial charge < -0.3 is 30.2 Å². The minimum atomic E-state index is -0.0274. The maximum atomic E-state index is 13.0. The summed E-state index contributed by atoms with van der Waals surface area (Å²) < 4.78 is 5.35. The van der Waals surface area contributed by atoms with E-state index in [0.717, 1.165) is 83.3 Å².